The number of nitrogens with zero attached hydrogens (tertiary/aromatic N) is 3. The van der Waals surface area contributed by atoms with E-state index in [1.165, 1.54) is 24.0 Å². The van der Waals surface area contributed by atoms with Gasteiger partial charge in [-0.2, -0.15) is 10.1 Å². The zero-order valence-electron chi connectivity index (χ0n) is 7.64. The van der Waals surface area contributed by atoms with Crippen molar-refractivity contribution in [1.82, 2.24) is 14.6 Å². The maximum Gasteiger partial charge on any atom is 0.339 e. The molecule has 0 atom stereocenters. The normalized spacial score (nSPS) is 10.5. The predicted molar refractivity (Wildman–Crippen MR) is 51.5 cm³/mol. The molecule has 0 saturated carbocycles. The number of methoxy groups -OCH3 is 1. The number of ether oxygens (including phenoxy) is 1. The summed E-state index contributed by atoms with van der Waals surface area (Å²) in [5, 5.41) is 12.9. The van der Waals surface area contributed by atoms with Gasteiger partial charge in [-0.1, -0.05) is 11.6 Å². The molecule has 0 fully saturated rings. The van der Waals surface area contributed by atoms with Crippen molar-refractivity contribution in [3.8, 4) is 5.88 Å². The maximum absolute atomic E-state index is 10.9. The summed E-state index contributed by atoms with van der Waals surface area (Å²) in [7, 11) is 1.39. The molecule has 0 aromatic carbocycles. The molecule has 0 aliphatic rings. The smallest absolute Gasteiger partial charge is 0.339 e. The van der Waals surface area contributed by atoms with Crippen molar-refractivity contribution < 1.29 is 14.6 Å². The molecule has 2 rings (SSSR count). The minimum atomic E-state index is -1.09. The molecule has 0 radical (unpaired) electrons. The molecular weight excluding hydrogens is 222 g/mol. The number of rotatable bonds is 2. The Labute approximate surface area is 89.1 Å². The monoisotopic (exact) mass is 227 g/mol. The third kappa shape index (κ3) is 1.48. The first-order valence-electron chi connectivity index (χ1n) is 3.94. The third-order valence-corrected chi connectivity index (χ3v) is 2.04. The van der Waals surface area contributed by atoms with E-state index in [0.29, 0.717) is 0 Å². The van der Waals surface area contributed by atoms with E-state index in [4.69, 9.17) is 21.4 Å². The summed E-state index contributed by atoms with van der Waals surface area (Å²) < 4.78 is 6.25. The second kappa shape index (κ2) is 3.39. The van der Waals surface area contributed by atoms with Crippen molar-refractivity contribution in [3.63, 3.8) is 0 Å². The second-order valence-electron chi connectivity index (χ2n) is 2.73. The lowest BCUT2D eigenvalue weighted by Crippen LogP contribution is -2.00. The van der Waals surface area contributed by atoms with Crippen LogP contribution in [0.3, 0.4) is 0 Å². The number of halogens is 1. The van der Waals surface area contributed by atoms with Crippen LogP contribution in [-0.4, -0.2) is 32.8 Å². The number of carbonyl (C=O) groups is 1. The van der Waals surface area contributed by atoms with Crippen molar-refractivity contribution in [2.75, 3.05) is 7.11 Å². The number of carboxylic acids is 1. The summed E-state index contributed by atoms with van der Waals surface area (Å²) in [6, 6.07) is 0. The summed E-state index contributed by atoms with van der Waals surface area (Å²) in [4.78, 5) is 14.7. The van der Waals surface area contributed by atoms with Gasteiger partial charge >= 0.3 is 5.97 Å². The Hall–Kier alpha value is -1.82. The SMILES string of the molecule is COc1nc(Cl)cn2ncc(C(=O)O)c12. The summed E-state index contributed by atoms with van der Waals surface area (Å²) >= 11 is 5.69. The van der Waals surface area contributed by atoms with E-state index in [1.54, 1.807) is 0 Å². The number of aromatic carboxylic acids is 1. The standard InChI is InChI=1S/C8H6ClN3O3/c1-15-7-6-4(8(13)14)2-10-12(6)3-5(9)11-7/h2-3H,1H3,(H,13,14). The molecule has 0 amide bonds. The lowest BCUT2D eigenvalue weighted by atomic mass is 10.3. The quantitative estimate of drug-likeness (QED) is 0.831. The van der Waals surface area contributed by atoms with Gasteiger partial charge in [0.15, 0.2) is 5.15 Å². The number of hydrogen-bond donors (Lipinski definition) is 1. The minimum absolute atomic E-state index is 0.0241. The minimum Gasteiger partial charge on any atom is -0.479 e. The van der Waals surface area contributed by atoms with Crippen LogP contribution < -0.4 is 4.74 Å². The maximum atomic E-state index is 10.9. The molecular formula is C8H6ClN3O3. The number of aromatic nitrogens is 3. The van der Waals surface area contributed by atoms with E-state index in [9.17, 15) is 4.79 Å². The van der Waals surface area contributed by atoms with Gasteiger partial charge in [-0.05, 0) is 0 Å². The first-order valence-corrected chi connectivity index (χ1v) is 4.32. The third-order valence-electron chi connectivity index (χ3n) is 1.86. The number of carboxylic acid groups (broad SMARTS) is 1. The van der Waals surface area contributed by atoms with Gasteiger partial charge in [0.25, 0.3) is 0 Å². The molecule has 2 heterocycles. The molecule has 0 spiro atoms. The molecule has 0 bridgehead atoms. The van der Waals surface area contributed by atoms with Crippen molar-refractivity contribution in [3.05, 3.63) is 23.1 Å². The Kier molecular flexibility index (Phi) is 2.20. The molecule has 7 heteroatoms. The van der Waals surface area contributed by atoms with Crippen LogP contribution in [-0.2, 0) is 0 Å². The number of fused-ring (bicyclic) bond motifs is 1. The van der Waals surface area contributed by atoms with Gasteiger partial charge in [-0.15, -0.1) is 0 Å². The van der Waals surface area contributed by atoms with Gasteiger partial charge in [-0.25, -0.2) is 9.31 Å². The highest BCUT2D eigenvalue weighted by Crippen LogP contribution is 2.23. The fraction of sp³-hybridized carbons (Fsp3) is 0.125. The molecule has 2 aromatic heterocycles. The van der Waals surface area contributed by atoms with E-state index >= 15 is 0 Å². The van der Waals surface area contributed by atoms with Gasteiger partial charge < -0.3 is 9.84 Å². The molecule has 0 unspecified atom stereocenters. The fourth-order valence-corrected chi connectivity index (χ4v) is 1.42. The molecule has 78 valence electrons. The zero-order chi connectivity index (χ0) is 11.0. The van der Waals surface area contributed by atoms with E-state index in [0.717, 1.165) is 0 Å². The van der Waals surface area contributed by atoms with Gasteiger partial charge in [-0.3, -0.25) is 0 Å². The fourth-order valence-electron chi connectivity index (χ4n) is 1.25. The molecule has 1 N–H and O–H groups in total. The van der Waals surface area contributed by atoms with Crippen LogP contribution in [0.1, 0.15) is 10.4 Å². The average Bonchev–Trinajstić information content (AvgIpc) is 2.59. The van der Waals surface area contributed by atoms with Crippen molar-refractivity contribution in [1.29, 1.82) is 0 Å². The molecule has 6 nitrogen and oxygen atoms in total. The van der Waals surface area contributed by atoms with Crippen LogP contribution in [0.15, 0.2) is 12.4 Å². The summed E-state index contributed by atoms with van der Waals surface area (Å²) in [5.74, 6) is -0.954. The predicted octanol–water partition coefficient (Wildman–Crippen LogP) is 1.09. The Morgan fingerprint density at radius 2 is 2.40 bits per heavy atom. The van der Waals surface area contributed by atoms with Crippen molar-refractivity contribution in [2.24, 2.45) is 0 Å². The molecule has 2 aromatic rings. The molecule has 0 aliphatic carbocycles. The van der Waals surface area contributed by atoms with Gasteiger partial charge in [0.1, 0.15) is 11.1 Å². The van der Waals surface area contributed by atoms with Gasteiger partial charge in [0.2, 0.25) is 5.88 Å². The highest BCUT2D eigenvalue weighted by molar-refractivity contribution is 6.29. The van der Waals surface area contributed by atoms with Gasteiger partial charge in [0, 0.05) is 0 Å². The summed E-state index contributed by atoms with van der Waals surface area (Å²) in [6.45, 7) is 0. The summed E-state index contributed by atoms with van der Waals surface area (Å²) in [6.07, 6.45) is 2.63. The van der Waals surface area contributed by atoms with Gasteiger partial charge in [0.05, 0.1) is 19.5 Å². The van der Waals surface area contributed by atoms with E-state index in [1.807, 2.05) is 0 Å². The van der Waals surface area contributed by atoms with Crippen LogP contribution in [0, 0.1) is 0 Å². The van der Waals surface area contributed by atoms with Crippen molar-refractivity contribution in [2.45, 2.75) is 0 Å². The Morgan fingerprint density at radius 3 is 3.00 bits per heavy atom. The van der Waals surface area contributed by atoms with Crippen LogP contribution in [0.2, 0.25) is 5.15 Å². The lowest BCUT2D eigenvalue weighted by Gasteiger charge is -2.02. The Morgan fingerprint density at radius 1 is 1.67 bits per heavy atom. The Bertz CT molecular complexity index is 537. The largest absolute Gasteiger partial charge is 0.479 e. The van der Waals surface area contributed by atoms with E-state index in [-0.39, 0.29) is 22.1 Å². The first kappa shape index (κ1) is 9.72. The lowest BCUT2D eigenvalue weighted by molar-refractivity contribution is 0.0698. The molecule has 0 saturated heterocycles. The van der Waals surface area contributed by atoms with Crippen LogP contribution >= 0.6 is 11.6 Å². The topological polar surface area (TPSA) is 76.7 Å². The molecule has 15 heavy (non-hydrogen) atoms. The first-order chi connectivity index (χ1) is 7.13. The average molecular weight is 228 g/mol. The Balaban J connectivity index is 2.83. The highest BCUT2D eigenvalue weighted by atomic mass is 35.5. The summed E-state index contributed by atoms with van der Waals surface area (Å²) in [5.41, 5.74) is 0.311. The van der Waals surface area contributed by atoms with Crippen LogP contribution in [0.5, 0.6) is 5.88 Å². The highest BCUT2D eigenvalue weighted by Gasteiger charge is 2.17. The second-order valence-corrected chi connectivity index (χ2v) is 3.12. The molecule has 0 aliphatic heterocycles. The van der Waals surface area contributed by atoms with Crippen LogP contribution in [0.25, 0.3) is 5.52 Å². The van der Waals surface area contributed by atoms with Crippen LogP contribution in [0.4, 0.5) is 0 Å². The van der Waals surface area contributed by atoms with E-state index < -0.39 is 5.97 Å². The van der Waals surface area contributed by atoms with E-state index in [2.05, 4.69) is 10.1 Å². The van der Waals surface area contributed by atoms with Crippen molar-refractivity contribution >= 4 is 23.1 Å². The zero-order valence-corrected chi connectivity index (χ0v) is 8.39. The number of hydrogen-bond acceptors (Lipinski definition) is 4.